The Balaban J connectivity index is 2.22. The third-order valence-corrected chi connectivity index (χ3v) is 3.89. The molecule has 1 aliphatic heterocycles. The van der Waals surface area contributed by atoms with Crippen molar-refractivity contribution in [3.63, 3.8) is 0 Å². The van der Waals surface area contributed by atoms with Gasteiger partial charge in [-0.2, -0.15) is 0 Å². The van der Waals surface area contributed by atoms with E-state index in [4.69, 9.17) is 0 Å². The molecule has 0 radical (unpaired) electrons. The molecule has 1 aromatic rings. The van der Waals surface area contributed by atoms with Gasteiger partial charge in [-0.1, -0.05) is 32.0 Å². The summed E-state index contributed by atoms with van der Waals surface area (Å²) < 4.78 is 4.53. The van der Waals surface area contributed by atoms with Crippen LogP contribution in [0.3, 0.4) is 0 Å². The van der Waals surface area contributed by atoms with Crippen molar-refractivity contribution in [2.24, 2.45) is 5.92 Å². The van der Waals surface area contributed by atoms with E-state index >= 15 is 0 Å². The van der Waals surface area contributed by atoms with Gasteiger partial charge in [-0.15, -0.1) is 0 Å². The fourth-order valence-corrected chi connectivity index (χ4v) is 2.61. The summed E-state index contributed by atoms with van der Waals surface area (Å²) in [5, 5.41) is 2.55. The smallest absolute Gasteiger partial charge is 0.325 e. The molecule has 0 spiro atoms. The number of hydrogen-bond acceptors (Lipinski definition) is 4. The lowest BCUT2D eigenvalue weighted by molar-refractivity contribution is -0.141. The summed E-state index contributed by atoms with van der Waals surface area (Å²) in [4.78, 5) is 37.9. The van der Waals surface area contributed by atoms with Crippen molar-refractivity contribution in [1.82, 2.24) is 10.2 Å². The van der Waals surface area contributed by atoms with Gasteiger partial charge in [0.15, 0.2) is 0 Å². The van der Waals surface area contributed by atoms with Gasteiger partial charge in [0.2, 0.25) is 5.91 Å². The van der Waals surface area contributed by atoms with Crippen LogP contribution in [0, 0.1) is 5.92 Å². The number of benzene rings is 1. The van der Waals surface area contributed by atoms with Gasteiger partial charge in [0.05, 0.1) is 7.11 Å². The first-order valence-corrected chi connectivity index (χ1v) is 7.70. The van der Waals surface area contributed by atoms with Crippen molar-refractivity contribution in [2.75, 3.05) is 20.2 Å². The first-order chi connectivity index (χ1) is 11.0. The number of fused-ring (bicyclic) bond motifs is 1. The molecule has 23 heavy (non-hydrogen) atoms. The number of ether oxygens (including phenoxy) is 1. The van der Waals surface area contributed by atoms with Crippen LogP contribution in [-0.4, -0.2) is 42.9 Å². The minimum Gasteiger partial charge on any atom is -0.468 e. The molecule has 2 rings (SSSR count). The molecule has 1 aromatic carbocycles. The van der Waals surface area contributed by atoms with Crippen molar-refractivity contribution >= 4 is 17.8 Å². The minimum absolute atomic E-state index is 0.139. The molecule has 1 unspecified atom stereocenters. The molecular weight excluding hydrogens is 296 g/mol. The number of methoxy groups -OCH3 is 1. The number of carbonyl (C=O) groups is 3. The van der Waals surface area contributed by atoms with E-state index in [1.54, 1.807) is 29.2 Å². The monoisotopic (exact) mass is 318 g/mol. The van der Waals surface area contributed by atoms with Gasteiger partial charge >= 0.3 is 5.97 Å². The third-order valence-electron chi connectivity index (χ3n) is 3.89. The highest BCUT2D eigenvalue weighted by molar-refractivity contribution is 6.05. The number of nitrogens with one attached hydrogen (secondary N) is 1. The Labute approximate surface area is 135 Å². The highest BCUT2D eigenvalue weighted by Gasteiger charge is 2.40. The first-order valence-electron chi connectivity index (χ1n) is 7.70. The molecule has 0 aliphatic carbocycles. The van der Waals surface area contributed by atoms with Crippen LogP contribution in [0.15, 0.2) is 24.3 Å². The van der Waals surface area contributed by atoms with E-state index in [9.17, 15) is 14.4 Å². The van der Waals surface area contributed by atoms with E-state index in [1.165, 1.54) is 7.11 Å². The van der Waals surface area contributed by atoms with Crippen LogP contribution < -0.4 is 5.32 Å². The molecule has 0 saturated carbocycles. The lowest BCUT2D eigenvalue weighted by Gasteiger charge is -2.25. The third kappa shape index (κ3) is 3.70. The van der Waals surface area contributed by atoms with Gasteiger partial charge in [0.25, 0.3) is 5.91 Å². The molecule has 124 valence electrons. The molecule has 6 nitrogen and oxygen atoms in total. The SMILES string of the molecule is COC(=O)CNC(=O)C1c2ccccc2C(=O)N1CCC(C)C. The highest BCUT2D eigenvalue weighted by Crippen LogP contribution is 2.34. The van der Waals surface area contributed by atoms with Crippen LogP contribution >= 0.6 is 0 Å². The fraction of sp³-hybridized carbons (Fsp3) is 0.471. The largest absolute Gasteiger partial charge is 0.468 e. The molecule has 2 amide bonds. The van der Waals surface area contributed by atoms with Crippen LogP contribution in [0.4, 0.5) is 0 Å². The summed E-state index contributed by atoms with van der Waals surface area (Å²) in [5.74, 6) is -0.605. The Bertz CT molecular complexity index is 612. The first kappa shape index (κ1) is 17.0. The van der Waals surface area contributed by atoms with Crippen LogP contribution in [-0.2, 0) is 14.3 Å². The van der Waals surface area contributed by atoms with Crippen LogP contribution in [0.1, 0.15) is 42.2 Å². The van der Waals surface area contributed by atoms with Crippen molar-refractivity contribution in [2.45, 2.75) is 26.3 Å². The lowest BCUT2D eigenvalue weighted by Crippen LogP contribution is -2.41. The highest BCUT2D eigenvalue weighted by atomic mass is 16.5. The summed E-state index contributed by atoms with van der Waals surface area (Å²) in [6, 6.07) is 6.41. The number of carbonyl (C=O) groups excluding carboxylic acids is 3. The Hall–Kier alpha value is -2.37. The summed E-state index contributed by atoms with van der Waals surface area (Å²) in [6.45, 7) is 4.43. The summed E-state index contributed by atoms with van der Waals surface area (Å²) in [6.07, 6.45) is 0.806. The number of esters is 1. The summed E-state index contributed by atoms with van der Waals surface area (Å²) >= 11 is 0. The Morgan fingerprint density at radius 3 is 2.65 bits per heavy atom. The second kappa shape index (κ2) is 7.26. The predicted octanol–water partition coefficient (Wildman–Crippen LogP) is 1.52. The van der Waals surface area contributed by atoms with E-state index in [1.807, 2.05) is 0 Å². The second-order valence-electron chi connectivity index (χ2n) is 5.96. The molecule has 1 aliphatic rings. The fourth-order valence-electron chi connectivity index (χ4n) is 2.61. The molecule has 1 atom stereocenters. The zero-order valence-electron chi connectivity index (χ0n) is 13.7. The Morgan fingerprint density at radius 1 is 1.30 bits per heavy atom. The Morgan fingerprint density at radius 2 is 2.00 bits per heavy atom. The zero-order valence-corrected chi connectivity index (χ0v) is 13.7. The van der Waals surface area contributed by atoms with Gasteiger partial charge in [-0.05, 0) is 24.0 Å². The predicted molar refractivity (Wildman–Crippen MR) is 84.7 cm³/mol. The van der Waals surface area contributed by atoms with Crippen molar-refractivity contribution in [3.8, 4) is 0 Å². The van der Waals surface area contributed by atoms with Crippen molar-refractivity contribution in [1.29, 1.82) is 0 Å². The van der Waals surface area contributed by atoms with Crippen LogP contribution in [0.25, 0.3) is 0 Å². The minimum atomic E-state index is -0.692. The van der Waals surface area contributed by atoms with Crippen LogP contribution in [0.2, 0.25) is 0 Å². The molecule has 6 heteroatoms. The maximum atomic E-state index is 12.6. The van der Waals surface area contributed by atoms with E-state index < -0.39 is 12.0 Å². The average molecular weight is 318 g/mol. The topological polar surface area (TPSA) is 75.7 Å². The van der Waals surface area contributed by atoms with E-state index in [0.29, 0.717) is 23.6 Å². The zero-order chi connectivity index (χ0) is 17.0. The molecule has 1 heterocycles. The lowest BCUT2D eigenvalue weighted by atomic mass is 10.0. The normalized spacial score (nSPS) is 16.4. The Kier molecular flexibility index (Phi) is 5.36. The van der Waals surface area contributed by atoms with Gasteiger partial charge in [0.1, 0.15) is 12.6 Å². The molecule has 0 fully saturated rings. The summed E-state index contributed by atoms with van der Waals surface area (Å²) in [7, 11) is 1.26. The van der Waals surface area contributed by atoms with E-state index in [-0.39, 0.29) is 18.4 Å². The maximum absolute atomic E-state index is 12.6. The molecule has 0 saturated heterocycles. The van der Waals surface area contributed by atoms with Crippen LogP contribution in [0.5, 0.6) is 0 Å². The number of rotatable bonds is 6. The molecule has 1 N–H and O–H groups in total. The summed E-state index contributed by atoms with van der Waals surface area (Å²) in [5.41, 5.74) is 1.23. The van der Waals surface area contributed by atoms with Gasteiger partial charge in [-0.25, -0.2) is 0 Å². The average Bonchev–Trinajstić information content (AvgIpc) is 2.83. The van der Waals surface area contributed by atoms with Gasteiger partial charge < -0.3 is 15.0 Å². The number of amides is 2. The molecule has 0 bridgehead atoms. The van der Waals surface area contributed by atoms with Crippen molar-refractivity contribution in [3.05, 3.63) is 35.4 Å². The van der Waals surface area contributed by atoms with Crippen molar-refractivity contribution < 1.29 is 19.1 Å². The van der Waals surface area contributed by atoms with E-state index in [2.05, 4.69) is 23.9 Å². The standard InChI is InChI=1S/C17H22N2O4/c1-11(2)8-9-19-15(16(21)18-10-14(20)23-3)12-6-4-5-7-13(12)17(19)22/h4-7,11,15H,8-10H2,1-3H3,(H,18,21). The molecule has 0 aromatic heterocycles. The second-order valence-corrected chi connectivity index (χ2v) is 5.96. The number of nitrogens with zero attached hydrogens (tertiary/aromatic N) is 1. The molecular formula is C17H22N2O4. The van der Waals surface area contributed by atoms with E-state index in [0.717, 1.165) is 6.42 Å². The van der Waals surface area contributed by atoms with Gasteiger partial charge in [-0.3, -0.25) is 14.4 Å². The number of hydrogen-bond donors (Lipinski definition) is 1. The maximum Gasteiger partial charge on any atom is 0.325 e. The van der Waals surface area contributed by atoms with Gasteiger partial charge in [0, 0.05) is 12.1 Å². The quantitative estimate of drug-likeness (QED) is 0.807.